The first-order chi connectivity index (χ1) is 12.6. The number of benzene rings is 2. The lowest BCUT2D eigenvalue weighted by molar-refractivity contribution is -0.115. The van der Waals surface area contributed by atoms with Crippen LogP contribution in [0.2, 0.25) is 0 Å². The van der Waals surface area contributed by atoms with Gasteiger partial charge in [0.25, 0.3) is 0 Å². The molecule has 26 heavy (non-hydrogen) atoms. The van der Waals surface area contributed by atoms with E-state index in [0.29, 0.717) is 10.8 Å². The number of anilines is 1. The van der Waals surface area contributed by atoms with E-state index in [0.717, 1.165) is 16.0 Å². The Balaban J connectivity index is 1.78. The molecule has 0 aliphatic rings. The van der Waals surface area contributed by atoms with Gasteiger partial charge in [0.1, 0.15) is 10.8 Å². The summed E-state index contributed by atoms with van der Waals surface area (Å²) in [5, 5.41) is 12.5. The lowest BCUT2D eigenvalue weighted by Crippen LogP contribution is -2.15. The summed E-state index contributed by atoms with van der Waals surface area (Å²) in [6.45, 7) is 0. The van der Waals surface area contributed by atoms with Gasteiger partial charge in [-0.1, -0.05) is 42.5 Å². The van der Waals surface area contributed by atoms with Gasteiger partial charge in [0, 0.05) is 4.88 Å². The molecule has 1 aromatic heterocycles. The molecule has 2 N–H and O–H groups in total. The van der Waals surface area contributed by atoms with Crippen LogP contribution in [0.4, 0.5) is 5.00 Å². The van der Waals surface area contributed by atoms with E-state index in [9.17, 15) is 14.7 Å². The van der Waals surface area contributed by atoms with E-state index in [2.05, 4.69) is 5.32 Å². The minimum Gasteiger partial charge on any atom is -0.497 e. The Morgan fingerprint density at radius 2 is 1.77 bits per heavy atom. The number of thiophene rings is 1. The van der Waals surface area contributed by atoms with Gasteiger partial charge in [-0.3, -0.25) is 4.79 Å². The van der Waals surface area contributed by atoms with Crippen molar-refractivity contribution in [3.05, 3.63) is 71.8 Å². The van der Waals surface area contributed by atoms with Crippen molar-refractivity contribution in [3.8, 4) is 16.2 Å². The summed E-state index contributed by atoms with van der Waals surface area (Å²) in [6, 6.07) is 18.2. The van der Waals surface area contributed by atoms with Crippen LogP contribution >= 0.6 is 11.3 Å². The SMILES string of the molecule is COc1ccc(CC(=O)Nc2sc(-c3ccccc3)cc2C(=O)O)cc1. The van der Waals surface area contributed by atoms with Gasteiger partial charge in [-0.05, 0) is 29.3 Å². The standard InChI is InChI=1S/C20H17NO4S/c1-25-15-9-7-13(8-10-15)11-18(22)21-19-16(20(23)24)12-17(26-19)14-5-3-2-4-6-14/h2-10,12H,11H2,1H3,(H,21,22)(H,23,24). The fourth-order valence-electron chi connectivity index (χ4n) is 2.49. The summed E-state index contributed by atoms with van der Waals surface area (Å²) in [5.74, 6) is -0.615. The maximum absolute atomic E-state index is 12.3. The predicted molar refractivity (Wildman–Crippen MR) is 102 cm³/mol. The summed E-state index contributed by atoms with van der Waals surface area (Å²) < 4.78 is 5.09. The third-order valence-electron chi connectivity index (χ3n) is 3.80. The summed E-state index contributed by atoms with van der Waals surface area (Å²) in [4.78, 5) is 24.6. The number of carboxylic acids is 1. The van der Waals surface area contributed by atoms with Gasteiger partial charge >= 0.3 is 5.97 Å². The number of aromatic carboxylic acids is 1. The van der Waals surface area contributed by atoms with Crippen LogP contribution in [-0.2, 0) is 11.2 Å². The van der Waals surface area contributed by atoms with Gasteiger partial charge in [0.2, 0.25) is 5.91 Å². The van der Waals surface area contributed by atoms with Gasteiger partial charge in [-0.2, -0.15) is 0 Å². The normalized spacial score (nSPS) is 10.3. The van der Waals surface area contributed by atoms with Crippen molar-refractivity contribution in [1.82, 2.24) is 0 Å². The highest BCUT2D eigenvalue weighted by molar-refractivity contribution is 7.20. The average Bonchev–Trinajstić information content (AvgIpc) is 3.07. The zero-order valence-electron chi connectivity index (χ0n) is 14.1. The van der Waals surface area contributed by atoms with E-state index in [1.54, 1.807) is 37.4 Å². The minimum absolute atomic E-state index is 0.0944. The highest BCUT2D eigenvalue weighted by Gasteiger charge is 2.18. The molecule has 1 amide bonds. The van der Waals surface area contributed by atoms with Crippen LogP contribution in [0.3, 0.4) is 0 Å². The van der Waals surface area contributed by atoms with Gasteiger partial charge in [0.05, 0.1) is 19.1 Å². The van der Waals surface area contributed by atoms with Crippen LogP contribution in [0, 0.1) is 0 Å². The Morgan fingerprint density at radius 1 is 1.08 bits per heavy atom. The van der Waals surface area contributed by atoms with E-state index >= 15 is 0 Å². The highest BCUT2D eigenvalue weighted by atomic mass is 32.1. The minimum atomic E-state index is -1.07. The quantitative estimate of drug-likeness (QED) is 0.681. The third-order valence-corrected chi connectivity index (χ3v) is 4.90. The highest BCUT2D eigenvalue weighted by Crippen LogP contribution is 2.35. The maximum Gasteiger partial charge on any atom is 0.338 e. The van der Waals surface area contributed by atoms with Crippen LogP contribution < -0.4 is 10.1 Å². The molecule has 3 aromatic rings. The largest absolute Gasteiger partial charge is 0.497 e. The average molecular weight is 367 g/mol. The number of carbonyl (C=O) groups excluding carboxylic acids is 1. The first kappa shape index (κ1) is 17.7. The molecule has 0 bridgehead atoms. The molecular formula is C20H17NO4S. The Hall–Kier alpha value is -3.12. The van der Waals surface area contributed by atoms with Crippen LogP contribution in [0.25, 0.3) is 10.4 Å². The fourth-order valence-corrected chi connectivity index (χ4v) is 3.56. The van der Waals surface area contributed by atoms with Gasteiger partial charge in [0.15, 0.2) is 0 Å². The molecule has 0 saturated heterocycles. The maximum atomic E-state index is 12.3. The number of carbonyl (C=O) groups is 2. The fraction of sp³-hybridized carbons (Fsp3) is 0.100. The second-order valence-corrected chi connectivity index (χ2v) is 6.65. The lowest BCUT2D eigenvalue weighted by atomic mass is 10.1. The molecule has 6 heteroatoms. The Bertz CT molecular complexity index is 917. The smallest absolute Gasteiger partial charge is 0.338 e. The topological polar surface area (TPSA) is 75.6 Å². The van der Waals surface area contributed by atoms with Crippen molar-refractivity contribution < 1.29 is 19.4 Å². The molecule has 0 unspecified atom stereocenters. The van der Waals surface area contributed by atoms with Crippen molar-refractivity contribution >= 4 is 28.2 Å². The second-order valence-electron chi connectivity index (χ2n) is 5.60. The molecule has 0 atom stereocenters. The van der Waals surface area contributed by atoms with Crippen LogP contribution in [0.5, 0.6) is 5.75 Å². The van der Waals surface area contributed by atoms with Crippen molar-refractivity contribution in [2.75, 3.05) is 12.4 Å². The predicted octanol–water partition coefficient (Wildman–Crippen LogP) is 4.30. The Kier molecular flexibility index (Phi) is 5.34. The van der Waals surface area contributed by atoms with Crippen LogP contribution in [-0.4, -0.2) is 24.1 Å². The number of hydrogen-bond acceptors (Lipinski definition) is 4. The molecule has 3 rings (SSSR count). The van der Waals surface area contributed by atoms with Crippen molar-refractivity contribution in [2.45, 2.75) is 6.42 Å². The van der Waals surface area contributed by atoms with Gasteiger partial charge in [-0.15, -0.1) is 11.3 Å². The number of hydrogen-bond donors (Lipinski definition) is 2. The van der Waals surface area contributed by atoms with Gasteiger partial charge in [-0.25, -0.2) is 4.79 Å². The summed E-state index contributed by atoms with van der Waals surface area (Å²) >= 11 is 1.25. The Labute approximate surface area is 154 Å². The molecule has 0 fully saturated rings. The number of rotatable bonds is 6. The Morgan fingerprint density at radius 3 is 2.38 bits per heavy atom. The van der Waals surface area contributed by atoms with E-state index in [1.807, 2.05) is 30.3 Å². The summed E-state index contributed by atoms with van der Waals surface area (Å²) in [5.41, 5.74) is 1.83. The van der Waals surface area contributed by atoms with Crippen molar-refractivity contribution in [1.29, 1.82) is 0 Å². The summed E-state index contributed by atoms with van der Waals surface area (Å²) in [6.07, 6.45) is 0.154. The van der Waals surface area contributed by atoms with Gasteiger partial charge < -0.3 is 15.2 Å². The number of amides is 1. The van der Waals surface area contributed by atoms with E-state index in [1.165, 1.54) is 11.3 Å². The summed E-state index contributed by atoms with van der Waals surface area (Å²) in [7, 11) is 1.58. The number of carboxylic acid groups (broad SMARTS) is 1. The first-order valence-electron chi connectivity index (χ1n) is 7.92. The first-order valence-corrected chi connectivity index (χ1v) is 8.74. The zero-order valence-corrected chi connectivity index (χ0v) is 14.9. The number of nitrogens with one attached hydrogen (secondary N) is 1. The molecule has 5 nitrogen and oxygen atoms in total. The molecule has 0 radical (unpaired) electrons. The number of methoxy groups -OCH3 is 1. The number of ether oxygens (including phenoxy) is 1. The molecule has 2 aromatic carbocycles. The van der Waals surface area contributed by atoms with Crippen molar-refractivity contribution in [3.63, 3.8) is 0 Å². The van der Waals surface area contributed by atoms with Crippen molar-refractivity contribution in [2.24, 2.45) is 0 Å². The molecule has 1 heterocycles. The van der Waals surface area contributed by atoms with E-state index in [4.69, 9.17) is 4.74 Å². The molecule has 0 aliphatic heterocycles. The molecular weight excluding hydrogens is 350 g/mol. The van der Waals surface area contributed by atoms with Crippen LogP contribution in [0.1, 0.15) is 15.9 Å². The molecule has 0 aliphatic carbocycles. The monoisotopic (exact) mass is 367 g/mol. The molecule has 0 saturated carbocycles. The zero-order chi connectivity index (χ0) is 18.5. The second kappa shape index (κ2) is 7.84. The lowest BCUT2D eigenvalue weighted by Gasteiger charge is -2.05. The van der Waals surface area contributed by atoms with E-state index < -0.39 is 5.97 Å². The molecule has 0 spiro atoms. The molecule has 132 valence electrons. The third kappa shape index (κ3) is 4.10. The van der Waals surface area contributed by atoms with E-state index in [-0.39, 0.29) is 17.9 Å². The van der Waals surface area contributed by atoms with Crippen LogP contribution in [0.15, 0.2) is 60.7 Å².